The van der Waals surface area contributed by atoms with E-state index in [4.69, 9.17) is 5.26 Å². The van der Waals surface area contributed by atoms with Crippen LogP contribution in [0.5, 0.6) is 0 Å². The number of fused-ring (bicyclic) bond motifs is 1. The van der Waals surface area contributed by atoms with Crippen LogP contribution in [0, 0.1) is 11.3 Å². The molecule has 28 heavy (non-hydrogen) atoms. The Morgan fingerprint density at radius 2 is 2.11 bits per heavy atom. The highest BCUT2D eigenvalue weighted by Crippen LogP contribution is 2.28. The predicted octanol–water partition coefficient (Wildman–Crippen LogP) is 4.42. The number of aromatic nitrogens is 2. The fraction of sp³-hybridized carbons (Fsp3) is 0.300. The molecule has 2 aromatic heterocycles. The number of nitrogens with zero attached hydrogens (tertiary/aromatic N) is 3. The lowest BCUT2D eigenvalue weighted by Gasteiger charge is -2.20. The molecule has 0 bridgehead atoms. The summed E-state index contributed by atoms with van der Waals surface area (Å²) in [7, 11) is 0. The third-order valence-corrected chi connectivity index (χ3v) is 6.38. The van der Waals surface area contributed by atoms with E-state index in [0.717, 1.165) is 6.42 Å². The number of nitriles is 1. The standard InChI is InChI=1S/C20H20N4O2S2/c1-4-12(2)24-19(26)15-7-5-6-8-16(15)22-20(24)28-13(3)17(25)23-18-14(11-21)9-10-27-18/h5-10,12-13H,4H2,1-3H3,(H,23,25)/t12-,13-/m1/s1. The SMILES string of the molecule is CC[C@@H](C)n1c(S[C@H](C)C(=O)Nc2sccc2C#N)nc2ccccc2c1=O. The maximum absolute atomic E-state index is 13.0. The smallest absolute Gasteiger partial charge is 0.262 e. The molecule has 3 aromatic rings. The zero-order valence-corrected chi connectivity index (χ0v) is 17.4. The molecule has 8 heteroatoms. The van der Waals surface area contributed by atoms with Gasteiger partial charge in [-0.3, -0.25) is 14.2 Å². The summed E-state index contributed by atoms with van der Waals surface area (Å²) < 4.78 is 1.67. The number of para-hydroxylation sites is 1. The second kappa shape index (κ2) is 8.59. The van der Waals surface area contributed by atoms with Crippen LogP contribution in [0.4, 0.5) is 5.00 Å². The molecular weight excluding hydrogens is 392 g/mol. The van der Waals surface area contributed by atoms with E-state index in [2.05, 4.69) is 16.4 Å². The third-order valence-electron chi connectivity index (χ3n) is 4.48. The van der Waals surface area contributed by atoms with Gasteiger partial charge in [0.2, 0.25) is 5.91 Å². The fourth-order valence-corrected chi connectivity index (χ4v) is 4.45. The normalized spacial score (nSPS) is 13.1. The zero-order valence-electron chi connectivity index (χ0n) is 15.8. The summed E-state index contributed by atoms with van der Waals surface area (Å²) in [5, 5.41) is 14.8. The van der Waals surface area contributed by atoms with Gasteiger partial charge in [0.05, 0.1) is 21.7 Å². The quantitative estimate of drug-likeness (QED) is 0.478. The van der Waals surface area contributed by atoms with Crippen molar-refractivity contribution in [1.82, 2.24) is 9.55 Å². The Balaban J connectivity index is 1.93. The molecule has 0 radical (unpaired) electrons. The van der Waals surface area contributed by atoms with Crippen molar-refractivity contribution in [3.8, 4) is 6.07 Å². The van der Waals surface area contributed by atoms with Crippen molar-refractivity contribution >= 4 is 44.9 Å². The molecule has 0 unspecified atom stereocenters. The summed E-state index contributed by atoms with van der Waals surface area (Å²) in [5.74, 6) is -0.234. The van der Waals surface area contributed by atoms with Gasteiger partial charge in [-0.25, -0.2) is 4.98 Å². The maximum atomic E-state index is 13.0. The first-order valence-electron chi connectivity index (χ1n) is 8.92. The molecule has 0 saturated heterocycles. The van der Waals surface area contributed by atoms with Crippen molar-refractivity contribution in [2.75, 3.05) is 5.32 Å². The van der Waals surface area contributed by atoms with Gasteiger partial charge in [0.1, 0.15) is 11.1 Å². The first-order chi connectivity index (χ1) is 13.5. The number of thiophene rings is 1. The number of rotatable bonds is 6. The molecule has 0 aliphatic rings. The van der Waals surface area contributed by atoms with Crippen molar-refractivity contribution in [2.24, 2.45) is 0 Å². The van der Waals surface area contributed by atoms with Gasteiger partial charge < -0.3 is 5.32 Å². The average molecular weight is 413 g/mol. The lowest BCUT2D eigenvalue weighted by atomic mass is 10.2. The molecule has 3 rings (SSSR count). The summed E-state index contributed by atoms with van der Waals surface area (Å²) in [6, 6.07) is 10.9. The van der Waals surface area contributed by atoms with Gasteiger partial charge in [-0.2, -0.15) is 5.26 Å². The molecule has 1 N–H and O–H groups in total. The van der Waals surface area contributed by atoms with E-state index >= 15 is 0 Å². The molecule has 144 valence electrons. The highest BCUT2D eigenvalue weighted by atomic mass is 32.2. The predicted molar refractivity (Wildman–Crippen MR) is 114 cm³/mol. The zero-order chi connectivity index (χ0) is 20.3. The van der Waals surface area contributed by atoms with E-state index in [1.807, 2.05) is 26.0 Å². The minimum absolute atomic E-state index is 0.0372. The van der Waals surface area contributed by atoms with Crippen LogP contribution in [-0.2, 0) is 4.79 Å². The van der Waals surface area contributed by atoms with Crippen LogP contribution in [0.25, 0.3) is 10.9 Å². The highest BCUT2D eigenvalue weighted by Gasteiger charge is 2.22. The molecule has 1 amide bonds. The number of carbonyl (C=O) groups is 1. The van der Waals surface area contributed by atoms with Gasteiger partial charge in [0.25, 0.3) is 5.56 Å². The molecule has 1 aromatic carbocycles. The largest absolute Gasteiger partial charge is 0.316 e. The van der Waals surface area contributed by atoms with E-state index in [1.165, 1.54) is 23.1 Å². The van der Waals surface area contributed by atoms with Crippen molar-refractivity contribution in [3.05, 3.63) is 51.6 Å². The topological polar surface area (TPSA) is 87.8 Å². The van der Waals surface area contributed by atoms with Gasteiger partial charge in [-0.1, -0.05) is 30.8 Å². The van der Waals surface area contributed by atoms with E-state index in [-0.39, 0.29) is 17.5 Å². The maximum Gasteiger partial charge on any atom is 0.262 e. The lowest BCUT2D eigenvalue weighted by Crippen LogP contribution is -2.28. The number of nitrogens with one attached hydrogen (secondary N) is 1. The number of amides is 1. The van der Waals surface area contributed by atoms with Gasteiger partial charge in [0.15, 0.2) is 5.16 Å². The average Bonchev–Trinajstić information content (AvgIpc) is 3.14. The van der Waals surface area contributed by atoms with Crippen LogP contribution < -0.4 is 10.9 Å². The van der Waals surface area contributed by atoms with E-state index < -0.39 is 5.25 Å². The molecule has 2 atom stereocenters. The summed E-state index contributed by atoms with van der Waals surface area (Å²) in [6.45, 7) is 5.75. The molecule has 0 spiro atoms. The fourth-order valence-electron chi connectivity index (χ4n) is 2.70. The van der Waals surface area contributed by atoms with Crippen molar-refractivity contribution in [1.29, 1.82) is 5.26 Å². The van der Waals surface area contributed by atoms with Crippen molar-refractivity contribution in [2.45, 2.75) is 43.6 Å². The van der Waals surface area contributed by atoms with Gasteiger partial charge >= 0.3 is 0 Å². The van der Waals surface area contributed by atoms with Gasteiger partial charge in [-0.05, 0) is 43.8 Å². The number of carbonyl (C=O) groups excluding carboxylic acids is 1. The number of hydrogen-bond acceptors (Lipinski definition) is 6. The molecule has 2 heterocycles. The Kier molecular flexibility index (Phi) is 6.17. The van der Waals surface area contributed by atoms with Crippen molar-refractivity contribution < 1.29 is 4.79 Å². The van der Waals surface area contributed by atoms with Crippen LogP contribution in [-0.4, -0.2) is 20.7 Å². The molecule has 0 saturated carbocycles. The Bertz CT molecular complexity index is 1110. The summed E-state index contributed by atoms with van der Waals surface area (Å²) >= 11 is 2.56. The molecule has 0 aliphatic carbocycles. The highest BCUT2D eigenvalue weighted by molar-refractivity contribution is 8.00. The number of anilines is 1. The summed E-state index contributed by atoms with van der Waals surface area (Å²) in [4.78, 5) is 30.3. The molecular formula is C20H20N4O2S2. The Labute approximate surface area is 171 Å². The van der Waals surface area contributed by atoms with Gasteiger partial charge in [0, 0.05) is 6.04 Å². The van der Waals surface area contributed by atoms with Crippen LogP contribution in [0.1, 0.15) is 38.8 Å². The number of thioether (sulfide) groups is 1. The first-order valence-corrected chi connectivity index (χ1v) is 10.7. The third kappa shape index (κ3) is 3.96. The lowest BCUT2D eigenvalue weighted by molar-refractivity contribution is -0.115. The minimum atomic E-state index is -0.489. The van der Waals surface area contributed by atoms with Crippen LogP contribution in [0.3, 0.4) is 0 Å². The second-order valence-corrected chi connectivity index (χ2v) is 8.59. The van der Waals surface area contributed by atoms with Crippen LogP contribution >= 0.6 is 23.1 Å². The summed E-state index contributed by atoms with van der Waals surface area (Å²) in [6.07, 6.45) is 0.773. The Morgan fingerprint density at radius 3 is 2.82 bits per heavy atom. The van der Waals surface area contributed by atoms with E-state index in [9.17, 15) is 9.59 Å². The van der Waals surface area contributed by atoms with Gasteiger partial charge in [-0.15, -0.1) is 11.3 Å². The number of benzene rings is 1. The molecule has 0 fully saturated rings. The molecule has 0 aliphatic heterocycles. The van der Waals surface area contributed by atoms with Crippen molar-refractivity contribution in [3.63, 3.8) is 0 Å². The van der Waals surface area contributed by atoms with E-state index in [0.29, 0.717) is 26.6 Å². The molecule has 6 nitrogen and oxygen atoms in total. The monoisotopic (exact) mass is 412 g/mol. The number of hydrogen-bond donors (Lipinski definition) is 1. The van der Waals surface area contributed by atoms with E-state index in [1.54, 1.807) is 35.1 Å². The Morgan fingerprint density at radius 1 is 1.36 bits per heavy atom. The Hall–Kier alpha value is -2.63. The second-order valence-electron chi connectivity index (χ2n) is 6.37. The minimum Gasteiger partial charge on any atom is -0.316 e. The van der Waals surface area contributed by atoms with Crippen LogP contribution in [0.15, 0.2) is 45.7 Å². The first kappa shape index (κ1) is 20.1. The van der Waals surface area contributed by atoms with Crippen LogP contribution in [0.2, 0.25) is 0 Å². The summed E-state index contributed by atoms with van der Waals surface area (Å²) in [5.41, 5.74) is 0.961.